The van der Waals surface area contributed by atoms with Gasteiger partial charge in [0, 0.05) is 32.7 Å². The fourth-order valence-corrected chi connectivity index (χ4v) is 4.40. The molecule has 0 aromatic carbocycles. The van der Waals surface area contributed by atoms with Crippen LogP contribution in [0.4, 0.5) is 0 Å². The molecular formula is C17H31N3O. The predicted molar refractivity (Wildman–Crippen MR) is 85.0 cm³/mol. The van der Waals surface area contributed by atoms with E-state index < -0.39 is 5.54 Å². The molecule has 120 valence electrons. The van der Waals surface area contributed by atoms with Crippen LogP contribution in [-0.4, -0.2) is 54.0 Å². The van der Waals surface area contributed by atoms with Crippen LogP contribution in [0.1, 0.15) is 57.8 Å². The van der Waals surface area contributed by atoms with Crippen LogP contribution in [-0.2, 0) is 4.79 Å². The third kappa shape index (κ3) is 3.59. The highest BCUT2D eigenvalue weighted by Gasteiger charge is 2.40. The maximum absolute atomic E-state index is 12.6. The lowest BCUT2D eigenvalue weighted by Crippen LogP contribution is -2.58. The van der Waals surface area contributed by atoms with Crippen LogP contribution in [0, 0.1) is 5.92 Å². The third-order valence-electron chi connectivity index (χ3n) is 5.82. The van der Waals surface area contributed by atoms with Gasteiger partial charge in [-0.05, 0) is 31.6 Å². The van der Waals surface area contributed by atoms with Crippen molar-refractivity contribution in [3.05, 3.63) is 0 Å². The number of nitrogens with two attached hydrogens (primary N) is 1. The topological polar surface area (TPSA) is 49.6 Å². The van der Waals surface area contributed by atoms with E-state index in [0.29, 0.717) is 0 Å². The number of hydrogen-bond donors (Lipinski definition) is 1. The second kappa shape index (κ2) is 6.66. The molecule has 0 bridgehead atoms. The molecule has 3 aliphatic rings. The summed E-state index contributed by atoms with van der Waals surface area (Å²) in [6, 6.07) is 0. The minimum atomic E-state index is -0.536. The summed E-state index contributed by atoms with van der Waals surface area (Å²) < 4.78 is 0. The van der Waals surface area contributed by atoms with Gasteiger partial charge in [-0.15, -0.1) is 0 Å². The molecule has 0 radical (unpaired) electrons. The van der Waals surface area contributed by atoms with E-state index in [9.17, 15) is 4.79 Å². The molecule has 2 saturated carbocycles. The Balaban J connectivity index is 1.45. The Morgan fingerprint density at radius 2 is 1.57 bits per heavy atom. The van der Waals surface area contributed by atoms with Crippen LogP contribution < -0.4 is 5.73 Å². The van der Waals surface area contributed by atoms with Gasteiger partial charge in [0.15, 0.2) is 0 Å². The number of nitrogens with zero attached hydrogens (tertiary/aromatic N) is 2. The van der Waals surface area contributed by atoms with Crippen molar-refractivity contribution in [1.29, 1.82) is 0 Å². The molecule has 1 aliphatic heterocycles. The first kappa shape index (κ1) is 15.3. The molecule has 2 N–H and O–H groups in total. The Labute approximate surface area is 129 Å². The minimum absolute atomic E-state index is 0.220. The lowest BCUT2D eigenvalue weighted by molar-refractivity contribution is -0.138. The Morgan fingerprint density at radius 1 is 0.952 bits per heavy atom. The Bertz CT molecular complexity index is 351. The van der Waals surface area contributed by atoms with E-state index in [0.717, 1.165) is 57.8 Å². The van der Waals surface area contributed by atoms with Crippen LogP contribution in [0.2, 0.25) is 0 Å². The van der Waals surface area contributed by atoms with Crippen molar-refractivity contribution < 1.29 is 4.79 Å². The lowest BCUT2D eigenvalue weighted by atomic mass is 9.89. The first-order valence-electron chi connectivity index (χ1n) is 8.98. The normalized spacial score (nSPS) is 28.0. The highest BCUT2D eigenvalue weighted by molar-refractivity contribution is 5.86. The fraction of sp³-hybridized carbons (Fsp3) is 0.941. The Hall–Kier alpha value is -0.610. The Morgan fingerprint density at radius 3 is 2.19 bits per heavy atom. The van der Waals surface area contributed by atoms with Crippen molar-refractivity contribution in [1.82, 2.24) is 9.80 Å². The standard InChI is InChI=1S/C17H31N3O/c18-17(8-4-5-9-17)16(21)20-12-10-19(11-13-20)14-15-6-2-1-3-7-15/h15H,1-14,18H2. The molecule has 0 aromatic rings. The summed E-state index contributed by atoms with van der Waals surface area (Å²) in [6.45, 7) is 5.08. The van der Waals surface area contributed by atoms with Crippen molar-refractivity contribution in [3.8, 4) is 0 Å². The molecule has 0 spiro atoms. The van der Waals surface area contributed by atoms with Gasteiger partial charge in [-0.25, -0.2) is 0 Å². The molecule has 1 heterocycles. The number of carbonyl (C=O) groups is 1. The fourth-order valence-electron chi connectivity index (χ4n) is 4.40. The lowest BCUT2D eigenvalue weighted by Gasteiger charge is -2.40. The van der Waals surface area contributed by atoms with Crippen molar-refractivity contribution in [2.45, 2.75) is 63.3 Å². The zero-order valence-electron chi connectivity index (χ0n) is 13.4. The van der Waals surface area contributed by atoms with Crippen molar-refractivity contribution in [2.24, 2.45) is 11.7 Å². The van der Waals surface area contributed by atoms with Gasteiger partial charge < -0.3 is 10.6 Å². The third-order valence-corrected chi connectivity index (χ3v) is 5.82. The van der Waals surface area contributed by atoms with Crippen LogP contribution in [0.5, 0.6) is 0 Å². The van der Waals surface area contributed by atoms with Crippen LogP contribution in [0.25, 0.3) is 0 Å². The SMILES string of the molecule is NC1(C(=O)N2CCN(CC3CCCCC3)CC2)CCCC1. The van der Waals surface area contributed by atoms with E-state index in [2.05, 4.69) is 4.90 Å². The van der Waals surface area contributed by atoms with Crippen molar-refractivity contribution in [3.63, 3.8) is 0 Å². The van der Waals surface area contributed by atoms with Crippen molar-refractivity contribution in [2.75, 3.05) is 32.7 Å². The van der Waals surface area contributed by atoms with E-state index >= 15 is 0 Å². The quantitative estimate of drug-likeness (QED) is 0.865. The number of carbonyl (C=O) groups excluding carboxylic acids is 1. The van der Waals surface area contributed by atoms with E-state index in [-0.39, 0.29) is 5.91 Å². The smallest absolute Gasteiger partial charge is 0.242 e. The molecule has 3 rings (SSSR count). The molecule has 0 atom stereocenters. The second-order valence-electron chi connectivity index (χ2n) is 7.46. The van der Waals surface area contributed by atoms with E-state index in [4.69, 9.17) is 5.73 Å². The summed E-state index contributed by atoms with van der Waals surface area (Å²) in [6.07, 6.45) is 11.1. The van der Waals surface area contributed by atoms with Gasteiger partial charge >= 0.3 is 0 Å². The average molecular weight is 293 g/mol. The summed E-state index contributed by atoms with van der Waals surface area (Å²) in [5.41, 5.74) is 5.78. The van der Waals surface area contributed by atoms with Crippen LogP contribution in [0.3, 0.4) is 0 Å². The molecule has 21 heavy (non-hydrogen) atoms. The largest absolute Gasteiger partial charge is 0.339 e. The van der Waals surface area contributed by atoms with E-state index in [1.54, 1.807) is 0 Å². The van der Waals surface area contributed by atoms with Gasteiger partial charge in [0.25, 0.3) is 0 Å². The molecule has 4 nitrogen and oxygen atoms in total. The van der Waals surface area contributed by atoms with Crippen LogP contribution in [0.15, 0.2) is 0 Å². The summed E-state index contributed by atoms with van der Waals surface area (Å²) in [7, 11) is 0. The van der Waals surface area contributed by atoms with Gasteiger partial charge in [-0.3, -0.25) is 9.69 Å². The molecule has 0 unspecified atom stereocenters. The molecule has 1 saturated heterocycles. The molecule has 3 fully saturated rings. The summed E-state index contributed by atoms with van der Waals surface area (Å²) in [4.78, 5) is 17.2. The van der Waals surface area contributed by atoms with E-state index in [1.807, 2.05) is 4.90 Å². The Kier molecular flexibility index (Phi) is 4.85. The maximum Gasteiger partial charge on any atom is 0.242 e. The van der Waals surface area contributed by atoms with Gasteiger partial charge in [0.1, 0.15) is 0 Å². The molecule has 1 amide bonds. The summed E-state index contributed by atoms with van der Waals surface area (Å²) >= 11 is 0. The average Bonchev–Trinajstić information content (AvgIpc) is 2.96. The molecule has 2 aliphatic carbocycles. The number of rotatable bonds is 3. The highest BCUT2D eigenvalue weighted by Crippen LogP contribution is 2.29. The number of amides is 1. The second-order valence-corrected chi connectivity index (χ2v) is 7.46. The van der Waals surface area contributed by atoms with Crippen molar-refractivity contribution >= 4 is 5.91 Å². The first-order valence-corrected chi connectivity index (χ1v) is 8.98. The summed E-state index contributed by atoms with van der Waals surface area (Å²) in [5.74, 6) is 1.12. The highest BCUT2D eigenvalue weighted by atomic mass is 16.2. The zero-order chi connectivity index (χ0) is 14.7. The van der Waals surface area contributed by atoms with Crippen LogP contribution >= 0.6 is 0 Å². The number of hydrogen-bond acceptors (Lipinski definition) is 3. The zero-order valence-corrected chi connectivity index (χ0v) is 13.4. The monoisotopic (exact) mass is 293 g/mol. The van der Waals surface area contributed by atoms with Gasteiger partial charge in [0.2, 0.25) is 5.91 Å². The first-order chi connectivity index (χ1) is 10.2. The molecular weight excluding hydrogens is 262 g/mol. The molecule has 4 heteroatoms. The maximum atomic E-state index is 12.6. The number of piperazine rings is 1. The van der Waals surface area contributed by atoms with Gasteiger partial charge in [0.05, 0.1) is 5.54 Å². The van der Waals surface area contributed by atoms with Gasteiger partial charge in [-0.2, -0.15) is 0 Å². The summed E-state index contributed by atoms with van der Waals surface area (Å²) in [5, 5.41) is 0. The predicted octanol–water partition coefficient (Wildman–Crippen LogP) is 1.98. The minimum Gasteiger partial charge on any atom is -0.339 e. The van der Waals surface area contributed by atoms with E-state index in [1.165, 1.54) is 38.6 Å². The molecule has 0 aromatic heterocycles. The van der Waals surface area contributed by atoms with Gasteiger partial charge in [-0.1, -0.05) is 32.1 Å².